The van der Waals surface area contributed by atoms with Gasteiger partial charge in [0.2, 0.25) is 0 Å². The van der Waals surface area contributed by atoms with E-state index in [-0.39, 0.29) is 0 Å². The van der Waals surface area contributed by atoms with Crippen molar-refractivity contribution in [3.8, 4) is 0 Å². The van der Waals surface area contributed by atoms with E-state index in [0.29, 0.717) is 13.0 Å². The van der Waals surface area contributed by atoms with Gasteiger partial charge in [-0.1, -0.05) is 12.1 Å². The van der Waals surface area contributed by atoms with Gasteiger partial charge in [0, 0.05) is 18.8 Å². The van der Waals surface area contributed by atoms with Gasteiger partial charge in [-0.05, 0) is 43.5 Å². The van der Waals surface area contributed by atoms with Gasteiger partial charge < -0.3 is 15.7 Å². The van der Waals surface area contributed by atoms with Crippen molar-refractivity contribution >= 4 is 5.69 Å². The number of rotatable bonds is 4. The van der Waals surface area contributed by atoms with Crippen molar-refractivity contribution in [3.63, 3.8) is 0 Å². The fourth-order valence-electron chi connectivity index (χ4n) is 2.21. The third-order valence-corrected chi connectivity index (χ3v) is 3.19. The number of hydrogen-bond donors (Lipinski definition) is 2. The highest BCUT2D eigenvalue weighted by Crippen LogP contribution is 2.23. The Morgan fingerprint density at radius 3 is 2.38 bits per heavy atom. The highest BCUT2D eigenvalue weighted by atomic mass is 16.3. The largest absolute Gasteiger partial charge is 0.388 e. The van der Waals surface area contributed by atoms with Crippen LogP contribution in [-0.2, 0) is 0 Å². The highest BCUT2D eigenvalue weighted by Gasteiger charge is 2.12. The maximum atomic E-state index is 9.78. The average molecular weight is 220 g/mol. The Balaban J connectivity index is 2.03. The molecule has 0 aliphatic carbocycles. The summed E-state index contributed by atoms with van der Waals surface area (Å²) < 4.78 is 0. The molecule has 88 valence electrons. The molecule has 3 nitrogen and oxygen atoms in total. The molecular weight excluding hydrogens is 200 g/mol. The van der Waals surface area contributed by atoms with Crippen LogP contribution in [0, 0.1) is 0 Å². The Labute approximate surface area is 96.9 Å². The fourth-order valence-corrected chi connectivity index (χ4v) is 2.21. The summed E-state index contributed by atoms with van der Waals surface area (Å²) in [6.07, 6.45) is 2.79. The van der Waals surface area contributed by atoms with Crippen molar-refractivity contribution in [2.24, 2.45) is 5.73 Å². The normalized spacial score (nSPS) is 17.8. The predicted octanol–water partition coefficient (Wildman–Crippen LogP) is 1.67. The van der Waals surface area contributed by atoms with Crippen molar-refractivity contribution in [2.45, 2.75) is 25.4 Å². The summed E-state index contributed by atoms with van der Waals surface area (Å²) in [4.78, 5) is 2.39. The number of hydrogen-bond acceptors (Lipinski definition) is 3. The maximum absolute atomic E-state index is 9.78. The smallest absolute Gasteiger partial charge is 0.0802 e. The van der Waals surface area contributed by atoms with Crippen LogP contribution in [0.2, 0.25) is 0 Å². The molecule has 1 saturated heterocycles. The van der Waals surface area contributed by atoms with Crippen molar-refractivity contribution < 1.29 is 5.11 Å². The molecule has 0 spiro atoms. The minimum atomic E-state index is -0.419. The van der Waals surface area contributed by atoms with Crippen LogP contribution >= 0.6 is 0 Å². The third-order valence-electron chi connectivity index (χ3n) is 3.19. The molecule has 0 radical (unpaired) electrons. The quantitative estimate of drug-likeness (QED) is 0.811. The first-order valence-corrected chi connectivity index (χ1v) is 6.04. The Morgan fingerprint density at radius 1 is 1.19 bits per heavy atom. The average Bonchev–Trinajstić information content (AvgIpc) is 2.83. The minimum Gasteiger partial charge on any atom is -0.388 e. The van der Waals surface area contributed by atoms with Crippen LogP contribution < -0.4 is 10.6 Å². The molecule has 1 unspecified atom stereocenters. The summed E-state index contributed by atoms with van der Waals surface area (Å²) in [7, 11) is 0. The Morgan fingerprint density at radius 2 is 1.81 bits per heavy atom. The van der Waals surface area contributed by atoms with Gasteiger partial charge in [-0.25, -0.2) is 0 Å². The van der Waals surface area contributed by atoms with Gasteiger partial charge >= 0.3 is 0 Å². The zero-order valence-corrected chi connectivity index (χ0v) is 9.60. The van der Waals surface area contributed by atoms with Crippen LogP contribution in [0.25, 0.3) is 0 Å². The number of nitrogens with two attached hydrogens (primary N) is 1. The molecule has 1 aromatic carbocycles. The van der Waals surface area contributed by atoms with Crippen molar-refractivity contribution in [1.82, 2.24) is 0 Å². The molecule has 1 aliphatic rings. The molecule has 3 N–H and O–H groups in total. The molecule has 16 heavy (non-hydrogen) atoms. The summed E-state index contributed by atoms with van der Waals surface area (Å²) in [5, 5.41) is 9.78. The van der Waals surface area contributed by atoms with Gasteiger partial charge in [0.05, 0.1) is 6.10 Å². The lowest BCUT2D eigenvalue weighted by atomic mass is 10.1. The Kier molecular flexibility index (Phi) is 3.80. The molecule has 0 amide bonds. The topological polar surface area (TPSA) is 49.5 Å². The molecule has 1 aliphatic heterocycles. The second-order valence-corrected chi connectivity index (χ2v) is 4.38. The van der Waals surface area contributed by atoms with Gasteiger partial charge in [-0.2, -0.15) is 0 Å². The van der Waals surface area contributed by atoms with Crippen LogP contribution in [0.5, 0.6) is 0 Å². The lowest BCUT2D eigenvalue weighted by molar-refractivity contribution is 0.170. The fraction of sp³-hybridized carbons (Fsp3) is 0.538. The standard InChI is InChI=1S/C13H20N2O/c14-8-7-13(16)11-3-5-12(6-4-11)15-9-1-2-10-15/h3-6,13,16H,1-2,7-10,14H2. The second-order valence-electron chi connectivity index (χ2n) is 4.38. The summed E-state index contributed by atoms with van der Waals surface area (Å²) in [6, 6.07) is 8.21. The molecule has 1 aromatic rings. The lowest BCUT2D eigenvalue weighted by Gasteiger charge is -2.18. The minimum absolute atomic E-state index is 0.419. The molecule has 0 aromatic heterocycles. The number of nitrogens with zero attached hydrogens (tertiary/aromatic N) is 1. The van der Waals surface area contributed by atoms with E-state index >= 15 is 0 Å². The van der Waals surface area contributed by atoms with E-state index < -0.39 is 6.10 Å². The molecule has 1 atom stereocenters. The van der Waals surface area contributed by atoms with E-state index in [1.165, 1.54) is 18.5 Å². The number of aliphatic hydroxyl groups is 1. The van der Waals surface area contributed by atoms with Crippen molar-refractivity contribution in [1.29, 1.82) is 0 Å². The van der Waals surface area contributed by atoms with Gasteiger partial charge in [0.1, 0.15) is 0 Å². The second kappa shape index (κ2) is 5.32. The number of benzene rings is 1. The van der Waals surface area contributed by atoms with E-state index in [9.17, 15) is 5.11 Å². The summed E-state index contributed by atoms with van der Waals surface area (Å²) >= 11 is 0. The summed E-state index contributed by atoms with van der Waals surface area (Å²) in [5.74, 6) is 0. The van der Waals surface area contributed by atoms with Crippen molar-refractivity contribution in [3.05, 3.63) is 29.8 Å². The van der Waals surface area contributed by atoms with Gasteiger partial charge in [-0.3, -0.25) is 0 Å². The van der Waals surface area contributed by atoms with Crippen LogP contribution in [0.4, 0.5) is 5.69 Å². The molecular formula is C13H20N2O. The van der Waals surface area contributed by atoms with E-state index in [4.69, 9.17) is 5.73 Å². The van der Waals surface area contributed by atoms with Crippen LogP contribution in [0.3, 0.4) is 0 Å². The molecule has 3 heteroatoms. The number of anilines is 1. The van der Waals surface area contributed by atoms with Gasteiger partial charge in [-0.15, -0.1) is 0 Å². The Bertz CT molecular complexity index is 317. The van der Waals surface area contributed by atoms with Crippen LogP contribution in [0.15, 0.2) is 24.3 Å². The zero-order chi connectivity index (χ0) is 11.4. The first-order chi connectivity index (χ1) is 7.81. The number of aliphatic hydroxyl groups excluding tert-OH is 1. The molecule has 1 heterocycles. The van der Waals surface area contributed by atoms with Crippen LogP contribution in [0.1, 0.15) is 30.9 Å². The molecule has 0 saturated carbocycles. The van der Waals surface area contributed by atoms with Crippen molar-refractivity contribution in [2.75, 3.05) is 24.5 Å². The molecule has 2 rings (SSSR count). The van der Waals surface area contributed by atoms with E-state index in [2.05, 4.69) is 17.0 Å². The van der Waals surface area contributed by atoms with Gasteiger partial charge in [0.15, 0.2) is 0 Å². The zero-order valence-electron chi connectivity index (χ0n) is 9.60. The summed E-state index contributed by atoms with van der Waals surface area (Å²) in [5.41, 5.74) is 7.66. The van der Waals surface area contributed by atoms with Gasteiger partial charge in [0.25, 0.3) is 0 Å². The lowest BCUT2D eigenvalue weighted by Crippen LogP contribution is -2.17. The maximum Gasteiger partial charge on any atom is 0.0802 e. The Hall–Kier alpha value is -1.06. The van der Waals surface area contributed by atoms with E-state index in [0.717, 1.165) is 18.7 Å². The first-order valence-electron chi connectivity index (χ1n) is 6.04. The van der Waals surface area contributed by atoms with E-state index in [1.807, 2.05) is 12.1 Å². The van der Waals surface area contributed by atoms with Crippen LogP contribution in [-0.4, -0.2) is 24.7 Å². The predicted molar refractivity (Wildman–Crippen MR) is 66.5 cm³/mol. The SMILES string of the molecule is NCCC(O)c1ccc(N2CCCC2)cc1. The summed E-state index contributed by atoms with van der Waals surface area (Å²) in [6.45, 7) is 2.84. The first kappa shape index (κ1) is 11.4. The van der Waals surface area contributed by atoms with E-state index in [1.54, 1.807) is 0 Å². The third kappa shape index (κ3) is 2.54. The monoisotopic (exact) mass is 220 g/mol. The molecule has 1 fully saturated rings. The molecule has 0 bridgehead atoms. The highest BCUT2D eigenvalue weighted by molar-refractivity contribution is 5.48.